The van der Waals surface area contributed by atoms with Crippen LogP contribution >= 0.6 is 0 Å². The Labute approximate surface area is 64.9 Å². The molecule has 0 aliphatic carbocycles. The van der Waals surface area contributed by atoms with Crippen molar-refractivity contribution in [1.82, 2.24) is 0 Å². The normalized spacial score (nSPS) is 13.5. The van der Waals surface area contributed by atoms with Gasteiger partial charge < -0.3 is 0 Å². The first kappa shape index (κ1) is 8.18. The maximum absolute atomic E-state index is 12.1. The van der Waals surface area contributed by atoms with Gasteiger partial charge in [0.05, 0.1) is 0 Å². The van der Waals surface area contributed by atoms with Crippen molar-refractivity contribution in [2.75, 3.05) is 0 Å². The SMILES string of the molecule is CC(c1ccccc1)C(F)F. The first-order valence-corrected chi connectivity index (χ1v) is 3.55. The standard InChI is InChI=1S/C9H10F2/c1-7(9(10)11)8-5-3-2-4-6-8/h2-7,9H,1H3. The molecule has 1 unspecified atom stereocenters. The van der Waals surface area contributed by atoms with E-state index in [9.17, 15) is 8.78 Å². The largest absolute Gasteiger partial charge is 0.245 e. The molecule has 0 spiro atoms. The summed E-state index contributed by atoms with van der Waals surface area (Å²) < 4.78 is 24.2. The number of halogens is 2. The molecule has 0 bridgehead atoms. The summed E-state index contributed by atoms with van der Waals surface area (Å²) in [7, 11) is 0. The van der Waals surface area contributed by atoms with Crippen LogP contribution in [0.4, 0.5) is 8.78 Å². The molecule has 1 aromatic carbocycles. The summed E-state index contributed by atoms with van der Waals surface area (Å²) >= 11 is 0. The third-order valence-corrected chi connectivity index (χ3v) is 1.70. The Morgan fingerprint density at radius 3 is 2.09 bits per heavy atom. The van der Waals surface area contributed by atoms with E-state index in [0.717, 1.165) is 0 Å². The molecule has 1 rings (SSSR count). The van der Waals surface area contributed by atoms with Crippen molar-refractivity contribution in [2.24, 2.45) is 0 Å². The van der Waals surface area contributed by atoms with Crippen molar-refractivity contribution in [1.29, 1.82) is 0 Å². The topological polar surface area (TPSA) is 0 Å². The number of rotatable bonds is 2. The summed E-state index contributed by atoms with van der Waals surface area (Å²) in [4.78, 5) is 0. The zero-order valence-electron chi connectivity index (χ0n) is 6.30. The summed E-state index contributed by atoms with van der Waals surface area (Å²) in [5.74, 6) is -0.656. The van der Waals surface area contributed by atoms with Crippen molar-refractivity contribution < 1.29 is 8.78 Å². The van der Waals surface area contributed by atoms with Crippen LogP contribution in [0.15, 0.2) is 30.3 Å². The average Bonchev–Trinajstić information content (AvgIpc) is 2.05. The van der Waals surface area contributed by atoms with E-state index in [1.807, 2.05) is 6.07 Å². The molecule has 0 saturated carbocycles. The minimum atomic E-state index is -2.27. The second-order valence-corrected chi connectivity index (χ2v) is 2.53. The molecule has 0 heterocycles. The van der Waals surface area contributed by atoms with Gasteiger partial charge in [0.1, 0.15) is 0 Å². The van der Waals surface area contributed by atoms with Gasteiger partial charge >= 0.3 is 0 Å². The van der Waals surface area contributed by atoms with E-state index in [2.05, 4.69) is 0 Å². The number of hydrogen-bond acceptors (Lipinski definition) is 0. The second-order valence-electron chi connectivity index (χ2n) is 2.53. The maximum Gasteiger partial charge on any atom is 0.245 e. The van der Waals surface area contributed by atoms with E-state index in [1.54, 1.807) is 24.3 Å². The molecule has 0 N–H and O–H groups in total. The van der Waals surface area contributed by atoms with Crippen LogP contribution in [0, 0.1) is 0 Å². The van der Waals surface area contributed by atoms with E-state index in [4.69, 9.17) is 0 Å². The highest BCUT2D eigenvalue weighted by Gasteiger charge is 2.15. The van der Waals surface area contributed by atoms with Crippen molar-refractivity contribution in [3.05, 3.63) is 35.9 Å². The molecule has 0 nitrogen and oxygen atoms in total. The van der Waals surface area contributed by atoms with Gasteiger partial charge in [0, 0.05) is 5.92 Å². The predicted molar refractivity (Wildman–Crippen MR) is 40.9 cm³/mol. The Bertz CT molecular complexity index is 206. The van der Waals surface area contributed by atoms with Crippen LogP contribution in [0.3, 0.4) is 0 Å². The number of benzene rings is 1. The van der Waals surface area contributed by atoms with Crippen LogP contribution in [-0.4, -0.2) is 6.43 Å². The van der Waals surface area contributed by atoms with Crippen LogP contribution in [0.2, 0.25) is 0 Å². The van der Waals surface area contributed by atoms with Crippen LogP contribution < -0.4 is 0 Å². The Hall–Kier alpha value is -0.920. The van der Waals surface area contributed by atoms with Crippen molar-refractivity contribution in [3.63, 3.8) is 0 Å². The summed E-state index contributed by atoms with van der Waals surface area (Å²) in [6, 6.07) is 8.80. The second kappa shape index (κ2) is 3.46. The fourth-order valence-corrected chi connectivity index (χ4v) is 0.902. The highest BCUT2D eigenvalue weighted by atomic mass is 19.3. The molecule has 0 amide bonds. The summed E-state index contributed by atoms with van der Waals surface area (Å²) in [5, 5.41) is 0. The zero-order valence-corrected chi connectivity index (χ0v) is 6.30. The van der Waals surface area contributed by atoms with Gasteiger partial charge in [0.25, 0.3) is 0 Å². The van der Waals surface area contributed by atoms with E-state index in [1.165, 1.54) is 6.92 Å². The lowest BCUT2D eigenvalue weighted by Gasteiger charge is -2.09. The highest BCUT2D eigenvalue weighted by molar-refractivity contribution is 5.19. The zero-order chi connectivity index (χ0) is 8.27. The Balaban J connectivity index is 2.77. The highest BCUT2D eigenvalue weighted by Crippen LogP contribution is 2.21. The van der Waals surface area contributed by atoms with Gasteiger partial charge in [-0.25, -0.2) is 8.78 Å². The predicted octanol–water partition coefficient (Wildman–Crippen LogP) is 3.06. The van der Waals surface area contributed by atoms with Gasteiger partial charge in [0.2, 0.25) is 6.43 Å². The van der Waals surface area contributed by atoms with Gasteiger partial charge in [-0.1, -0.05) is 37.3 Å². The van der Waals surface area contributed by atoms with Crippen LogP contribution in [0.1, 0.15) is 18.4 Å². The lowest BCUT2D eigenvalue weighted by Crippen LogP contribution is -2.03. The Kier molecular flexibility index (Phi) is 2.58. The van der Waals surface area contributed by atoms with Crippen LogP contribution in [0.5, 0.6) is 0 Å². The molecular formula is C9H10F2. The quantitative estimate of drug-likeness (QED) is 0.617. The lowest BCUT2D eigenvalue weighted by atomic mass is 10.0. The Morgan fingerprint density at radius 2 is 1.64 bits per heavy atom. The molecule has 1 aromatic rings. The summed E-state index contributed by atoms with van der Waals surface area (Å²) in [6.45, 7) is 1.53. The van der Waals surface area contributed by atoms with Crippen molar-refractivity contribution in [2.45, 2.75) is 19.3 Å². The fraction of sp³-hybridized carbons (Fsp3) is 0.333. The first-order valence-electron chi connectivity index (χ1n) is 3.55. The monoisotopic (exact) mass is 156 g/mol. The maximum atomic E-state index is 12.1. The number of hydrogen-bond donors (Lipinski definition) is 0. The molecule has 0 fully saturated rings. The Morgan fingerprint density at radius 1 is 1.09 bits per heavy atom. The van der Waals surface area contributed by atoms with Gasteiger partial charge in [-0.15, -0.1) is 0 Å². The van der Waals surface area contributed by atoms with Crippen molar-refractivity contribution in [3.8, 4) is 0 Å². The third kappa shape index (κ3) is 2.00. The van der Waals surface area contributed by atoms with E-state index < -0.39 is 12.3 Å². The molecule has 1 atom stereocenters. The molecule has 0 radical (unpaired) electrons. The average molecular weight is 156 g/mol. The van der Waals surface area contributed by atoms with Gasteiger partial charge in [-0.2, -0.15) is 0 Å². The molecule has 60 valence electrons. The summed E-state index contributed by atoms with van der Waals surface area (Å²) in [6.07, 6.45) is -2.27. The van der Waals surface area contributed by atoms with Crippen LogP contribution in [0.25, 0.3) is 0 Å². The van der Waals surface area contributed by atoms with Crippen molar-refractivity contribution >= 4 is 0 Å². The first-order chi connectivity index (χ1) is 5.22. The fourth-order valence-electron chi connectivity index (χ4n) is 0.902. The van der Waals surface area contributed by atoms with Gasteiger partial charge in [0.15, 0.2) is 0 Å². The van der Waals surface area contributed by atoms with E-state index in [-0.39, 0.29) is 0 Å². The minimum absolute atomic E-state index is 0.656. The minimum Gasteiger partial charge on any atom is -0.210 e. The number of alkyl halides is 2. The molecule has 0 aliphatic heterocycles. The van der Waals surface area contributed by atoms with Gasteiger partial charge in [-0.05, 0) is 5.56 Å². The van der Waals surface area contributed by atoms with Crippen LogP contribution in [-0.2, 0) is 0 Å². The molecular weight excluding hydrogens is 146 g/mol. The van der Waals surface area contributed by atoms with E-state index >= 15 is 0 Å². The van der Waals surface area contributed by atoms with Gasteiger partial charge in [-0.3, -0.25) is 0 Å². The lowest BCUT2D eigenvalue weighted by molar-refractivity contribution is 0.121. The molecule has 11 heavy (non-hydrogen) atoms. The molecule has 0 saturated heterocycles. The molecule has 2 heteroatoms. The van der Waals surface area contributed by atoms with E-state index in [0.29, 0.717) is 5.56 Å². The smallest absolute Gasteiger partial charge is 0.210 e. The molecule has 0 aliphatic rings. The third-order valence-electron chi connectivity index (χ3n) is 1.70. The summed E-state index contributed by atoms with van der Waals surface area (Å²) in [5.41, 5.74) is 0.697. The molecule has 0 aromatic heterocycles.